The minimum atomic E-state index is -0.401. The fourth-order valence-corrected chi connectivity index (χ4v) is 2.46. The molecular formula is C20H18FN3O3. The summed E-state index contributed by atoms with van der Waals surface area (Å²) in [7, 11) is 1.66. The van der Waals surface area contributed by atoms with Gasteiger partial charge in [-0.15, -0.1) is 0 Å². The smallest absolute Gasteiger partial charge is 0.268 e. The van der Waals surface area contributed by atoms with Crippen LogP contribution in [0.15, 0.2) is 65.8 Å². The Morgan fingerprint density at radius 1 is 1.22 bits per heavy atom. The lowest BCUT2D eigenvalue weighted by Gasteiger charge is -2.12. The molecule has 0 aliphatic carbocycles. The first-order chi connectivity index (χ1) is 13.0. The highest BCUT2D eigenvalue weighted by molar-refractivity contribution is 5.92. The van der Waals surface area contributed by atoms with E-state index in [1.54, 1.807) is 37.6 Å². The summed E-state index contributed by atoms with van der Waals surface area (Å²) >= 11 is 0. The molecule has 1 aromatic carbocycles. The Morgan fingerprint density at radius 2 is 2.00 bits per heavy atom. The van der Waals surface area contributed by atoms with E-state index < -0.39 is 5.43 Å². The molecule has 0 unspecified atom stereocenters. The van der Waals surface area contributed by atoms with Crippen LogP contribution < -0.4 is 15.5 Å². The minimum Gasteiger partial charge on any atom is -0.483 e. The van der Waals surface area contributed by atoms with Crippen LogP contribution in [-0.2, 0) is 20.2 Å². The lowest BCUT2D eigenvalue weighted by Crippen LogP contribution is -2.27. The maximum absolute atomic E-state index is 12.9. The maximum Gasteiger partial charge on any atom is 0.268 e. The van der Waals surface area contributed by atoms with E-state index in [0.29, 0.717) is 6.54 Å². The topological polar surface area (TPSA) is 73.2 Å². The Balaban J connectivity index is 1.67. The van der Waals surface area contributed by atoms with Gasteiger partial charge in [0.1, 0.15) is 18.1 Å². The second-order valence-corrected chi connectivity index (χ2v) is 5.96. The average Bonchev–Trinajstić information content (AvgIpc) is 2.68. The van der Waals surface area contributed by atoms with Gasteiger partial charge < -0.3 is 14.6 Å². The quantitative estimate of drug-likeness (QED) is 0.726. The number of rotatable bonds is 6. The minimum absolute atomic E-state index is 0.116. The van der Waals surface area contributed by atoms with Crippen LogP contribution in [0.1, 0.15) is 21.6 Å². The normalized spacial score (nSPS) is 10.4. The number of pyridine rings is 2. The number of ether oxygens (including phenoxy) is 1. The van der Waals surface area contributed by atoms with Crippen molar-refractivity contribution in [3.63, 3.8) is 0 Å². The molecule has 0 bridgehead atoms. The molecular weight excluding hydrogens is 349 g/mol. The summed E-state index contributed by atoms with van der Waals surface area (Å²) in [5, 5.41) is 2.75. The number of nitrogens with one attached hydrogen (secondary N) is 1. The van der Waals surface area contributed by atoms with Crippen molar-refractivity contribution in [1.29, 1.82) is 0 Å². The van der Waals surface area contributed by atoms with Gasteiger partial charge in [0.25, 0.3) is 5.91 Å². The second-order valence-electron chi connectivity index (χ2n) is 5.96. The van der Waals surface area contributed by atoms with Crippen molar-refractivity contribution in [2.24, 2.45) is 7.05 Å². The van der Waals surface area contributed by atoms with Gasteiger partial charge >= 0.3 is 0 Å². The summed E-state index contributed by atoms with van der Waals surface area (Å²) in [4.78, 5) is 28.6. The van der Waals surface area contributed by atoms with Gasteiger partial charge in [-0.05, 0) is 29.3 Å². The highest BCUT2D eigenvalue weighted by Crippen LogP contribution is 2.10. The predicted octanol–water partition coefficient (Wildman–Crippen LogP) is 2.43. The van der Waals surface area contributed by atoms with Crippen LogP contribution in [0, 0.1) is 5.82 Å². The fourth-order valence-electron chi connectivity index (χ4n) is 2.46. The standard InChI is InChI=1S/C20H18FN3O3/c1-24-12-19(27-13-14-4-6-16(21)7-5-14)18(25)9-17(24)20(26)23-11-15-3-2-8-22-10-15/h2-10,12H,11,13H2,1H3,(H,23,26). The van der Waals surface area contributed by atoms with E-state index in [1.165, 1.54) is 29.0 Å². The number of carbonyl (C=O) groups excluding carboxylic acids is 1. The van der Waals surface area contributed by atoms with Gasteiger partial charge in [-0.3, -0.25) is 14.6 Å². The van der Waals surface area contributed by atoms with E-state index in [-0.39, 0.29) is 29.8 Å². The molecule has 0 fully saturated rings. The van der Waals surface area contributed by atoms with E-state index >= 15 is 0 Å². The summed E-state index contributed by atoms with van der Waals surface area (Å²) in [6, 6.07) is 10.7. The van der Waals surface area contributed by atoms with Gasteiger partial charge in [0.2, 0.25) is 5.43 Å². The number of nitrogens with zero attached hydrogens (tertiary/aromatic N) is 2. The molecule has 3 rings (SSSR count). The van der Waals surface area contributed by atoms with Crippen molar-refractivity contribution in [3.8, 4) is 5.75 Å². The third-order valence-corrected chi connectivity index (χ3v) is 3.92. The summed E-state index contributed by atoms with van der Waals surface area (Å²) in [5.74, 6) is -0.592. The SMILES string of the molecule is Cn1cc(OCc2ccc(F)cc2)c(=O)cc1C(=O)NCc1cccnc1. The van der Waals surface area contributed by atoms with Crippen molar-refractivity contribution in [2.45, 2.75) is 13.2 Å². The van der Waals surface area contributed by atoms with Gasteiger partial charge in [-0.1, -0.05) is 18.2 Å². The third-order valence-electron chi connectivity index (χ3n) is 3.92. The van der Waals surface area contributed by atoms with Gasteiger partial charge in [-0.25, -0.2) is 4.39 Å². The zero-order chi connectivity index (χ0) is 19.2. The van der Waals surface area contributed by atoms with Crippen LogP contribution in [0.2, 0.25) is 0 Å². The Kier molecular flexibility index (Phi) is 5.61. The average molecular weight is 367 g/mol. The Hall–Kier alpha value is -3.48. The molecule has 1 amide bonds. The second kappa shape index (κ2) is 8.27. The number of aromatic nitrogens is 2. The van der Waals surface area contributed by atoms with Crippen molar-refractivity contribution >= 4 is 5.91 Å². The molecule has 27 heavy (non-hydrogen) atoms. The molecule has 0 saturated carbocycles. The largest absolute Gasteiger partial charge is 0.483 e. The molecule has 0 spiro atoms. The van der Waals surface area contributed by atoms with Crippen molar-refractivity contribution < 1.29 is 13.9 Å². The summed E-state index contributed by atoms with van der Waals surface area (Å²) < 4.78 is 20.0. The molecule has 0 atom stereocenters. The van der Waals surface area contributed by atoms with Crippen molar-refractivity contribution in [2.75, 3.05) is 0 Å². The predicted molar refractivity (Wildman–Crippen MR) is 97.8 cm³/mol. The summed E-state index contributed by atoms with van der Waals surface area (Å²) in [6.07, 6.45) is 4.77. The molecule has 2 aromatic heterocycles. The van der Waals surface area contributed by atoms with Gasteiger partial charge in [0.05, 0.1) is 6.20 Å². The third kappa shape index (κ3) is 4.78. The molecule has 0 radical (unpaired) electrons. The molecule has 2 heterocycles. The van der Waals surface area contributed by atoms with E-state index in [4.69, 9.17) is 4.74 Å². The van der Waals surface area contributed by atoms with Crippen LogP contribution in [0.4, 0.5) is 4.39 Å². The first-order valence-corrected chi connectivity index (χ1v) is 8.28. The van der Waals surface area contributed by atoms with Crippen LogP contribution in [-0.4, -0.2) is 15.5 Å². The summed E-state index contributed by atoms with van der Waals surface area (Å²) in [6.45, 7) is 0.436. The molecule has 138 valence electrons. The zero-order valence-electron chi connectivity index (χ0n) is 14.7. The lowest BCUT2D eigenvalue weighted by molar-refractivity contribution is 0.0941. The number of hydrogen-bond acceptors (Lipinski definition) is 4. The lowest BCUT2D eigenvalue weighted by atomic mass is 10.2. The van der Waals surface area contributed by atoms with Crippen molar-refractivity contribution in [1.82, 2.24) is 14.9 Å². The first-order valence-electron chi connectivity index (χ1n) is 8.28. The number of aryl methyl sites for hydroxylation is 1. The van der Waals surface area contributed by atoms with E-state index in [2.05, 4.69) is 10.3 Å². The molecule has 1 N–H and O–H groups in total. The highest BCUT2D eigenvalue weighted by atomic mass is 19.1. The van der Waals surface area contributed by atoms with Gasteiger partial charge in [0, 0.05) is 32.1 Å². The van der Waals surface area contributed by atoms with Crippen molar-refractivity contribution in [3.05, 3.63) is 93.9 Å². The maximum atomic E-state index is 12.9. The zero-order valence-corrected chi connectivity index (χ0v) is 14.7. The number of amides is 1. The Bertz CT molecular complexity index is 986. The highest BCUT2D eigenvalue weighted by Gasteiger charge is 2.13. The molecule has 0 aliphatic heterocycles. The Labute approximate surface area is 155 Å². The molecule has 3 aromatic rings. The van der Waals surface area contributed by atoms with Crippen LogP contribution in [0.3, 0.4) is 0 Å². The van der Waals surface area contributed by atoms with Gasteiger partial charge in [-0.2, -0.15) is 0 Å². The molecule has 7 heteroatoms. The Morgan fingerprint density at radius 3 is 2.70 bits per heavy atom. The first kappa shape index (κ1) is 18.3. The van der Waals surface area contributed by atoms with Gasteiger partial charge in [0.15, 0.2) is 5.75 Å². The molecule has 0 saturated heterocycles. The number of benzene rings is 1. The number of halogens is 1. The summed E-state index contributed by atoms with van der Waals surface area (Å²) in [5.41, 5.74) is 1.41. The molecule has 0 aliphatic rings. The number of carbonyl (C=O) groups is 1. The van der Waals surface area contributed by atoms with Crippen LogP contribution >= 0.6 is 0 Å². The number of hydrogen-bond donors (Lipinski definition) is 1. The fraction of sp³-hybridized carbons (Fsp3) is 0.150. The van der Waals surface area contributed by atoms with E-state index in [0.717, 1.165) is 11.1 Å². The van der Waals surface area contributed by atoms with Crippen LogP contribution in [0.25, 0.3) is 0 Å². The van der Waals surface area contributed by atoms with Crippen LogP contribution in [0.5, 0.6) is 5.75 Å². The van der Waals surface area contributed by atoms with E-state index in [1.807, 2.05) is 6.07 Å². The van der Waals surface area contributed by atoms with E-state index in [9.17, 15) is 14.0 Å². The molecule has 6 nitrogen and oxygen atoms in total. The monoisotopic (exact) mass is 367 g/mol.